The molecule has 3 rings (SSSR count). The van der Waals surface area contributed by atoms with Gasteiger partial charge in [-0.05, 0) is 26.0 Å². The molecule has 1 atom stereocenters. The molecule has 0 fully saturated rings. The summed E-state index contributed by atoms with van der Waals surface area (Å²) in [6.07, 6.45) is 0. The first-order chi connectivity index (χ1) is 9.54. The lowest BCUT2D eigenvalue weighted by atomic mass is 10.2. The number of nitrogens with one attached hydrogen (secondary N) is 1. The standard InChI is InChI=1S/C13H12N4O2S/c1-6-3-4-9-8(5-6)10(12(19)14-9)16-17-13-15-11(18)7(2)20-13/h3-5,7,14,19H,1-2H3. The summed E-state index contributed by atoms with van der Waals surface area (Å²) in [5, 5.41) is 18.7. The molecule has 2 heterocycles. The van der Waals surface area contributed by atoms with Crippen LogP contribution in [0.15, 0.2) is 33.4 Å². The number of benzene rings is 1. The Balaban J connectivity index is 1.99. The monoisotopic (exact) mass is 288 g/mol. The van der Waals surface area contributed by atoms with Crippen LogP contribution in [0, 0.1) is 6.92 Å². The number of rotatable bonds is 1. The fourth-order valence-corrected chi connectivity index (χ4v) is 2.64. The first-order valence-electron chi connectivity index (χ1n) is 6.07. The van der Waals surface area contributed by atoms with Crippen LogP contribution in [0.1, 0.15) is 12.5 Å². The van der Waals surface area contributed by atoms with E-state index in [1.54, 1.807) is 6.92 Å². The number of carbonyl (C=O) groups excluding carboxylic acids is 1. The Labute approximate surface area is 119 Å². The van der Waals surface area contributed by atoms with Gasteiger partial charge in [-0.2, -0.15) is 4.99 Å². The number of aromatic hydroxyl groups is 1. The second kappa shape index (κ2) is 4.75. The zero-order valence-corrected chi connectivity index (χ0v) is 11.7. The molecule has 0 radical (unpaired) electrons. The van der Waals surface area contributed by atoms with Gasteiger partial charge in [-0.25, -0.2) is 0 Å². The van der Waals surface area contributed by atoms with Gasteiger partial charge in [-0.15, -0.1) is 10.2 Å². The highest BCUT2D eigenvalue weighted by Crippen LogP contribution is 2.36. The van der Waals surface area contributed by atoms with E-state index in [0.717, 1.165) is 16.5 Å². The fraction of sp³-hybridized carbons (Fsp3) is 0.231. The van der Waals surface area contributed by atoms with Crippen LogP contribution >= 0.6 is 11.8 Å². The number of aryl methyl sites for hydroxylation is 1. The Kier molecular flexibility index (Phi) is 3.06. The predicted molar refractivity (Wildman–Crippen MR) is 78.7 cm³/mol. The van der Waals surface area contributed by atoms with Crippen LogP contribution in [0.2, 0.25) is 0 Å². The number of hydrogen-bond donors (Lipinski definition) is 2. The van der Waals surface area contributed by atoms with E-state index in [0.29, 0.717) is 10.9 Å². The number of amidine groups is 1. The summed E-state index contributed by atoms with van der Waals surface area (Å²) < 4.78 is 0. The van der Waals surface area contributed by atoms with E-state index >= 15 is 0 Å². The molecule has 1 aromatic carbocycles. The molecule has 7 heteroatoms. The second-order valence-electron chi connectivity index (χ2n) is 4.56. The predicted octanol–water partition coefficient (Wildman–Crippen LogP) is 3.28. The lowest BCUT2D eigenvalue weighted by Crippen LogP contribution is -2.02. The van der Waals surface area contributed by atoms with Gasteiger partial charge in [0.1, 0.15) is 0 Å². The molecule has 0 saturated carbocycles. The molecular formula is C13H12N4O2S. The molecule has 0 spiro atoms. The number of amides is 1. The van der Waals surface area contributed by atoms with E-state index in [2.05, 4.69) is 20.2 Å². The lowest BCUT2D eigenvalue weighted by molar-refractivity contribution is -0.116. The summed E-state index contributed by atoms with van der Waals surface area (Å²) in [6.45, 7) is 3.73. The third-order valence-corrected chi connectivity index (χ3v) is 3.92. The van der Waals surface area contributed by atoms with E-state index in [1.807, 2.05) is 25.1 Å². The second-order valence-corrected chi connectivity index (χ2v) is 5.87. The molecule has 0 aliphatic carbocycles. The molecule has 1 amide bonds. The summed E-state index contributed by atoms with van der Waals surface area (Å²) in [7, 11) is 0. The average Bonchev–Trinajstić information content (AvgIpc) is 2.87. The number of H-pyrrole nitrogens is 1. The van der Waals surface area contributed by atoms with Crippen molar-refractivity contribution in [3.63, 3.8) is 0 Å². The van der Waals surface area contributed by atoms with Crippen LogP contribution < -0.4 is 0 Å². The molecule has 1 aromatic heterocycles. The number of azo groups is 1. The SMILES string of the molecule is Cc1ccc2[nH]c(O)c(N=NC3=NC(=O)C(C)S3)c2c1. The van der Waals surface area contributed by atoms with Crippen molar-refractivity contribution in [2.75, 3.05) is 0 Å². The van der Waals surface area contributed by atoms with Gasteiger partial charge in [-0.3, -0.25) is 4.79 Å². The maximum Gasteiger partial charge on any atom is 0.261 e. The molecule has 1 unspecified atom stereocenters. The van der Waals surface area contributed by atoms with Gasteiger partial charge in [-0.1, -0.05) is 23.4 Å². The number of aromatic amines is 1. The van der Waals surface area contributed by atoms with Crippen LogP contribution in [-0.4, -0.2) is 26.4 Å². The summed E-state index contributed by atoms with van der Waals surface area (Å²) >= 11 is 1.26. The molecule has 6 nitrogen and oxygen atoms in total. The van der Waals surface area contributed by atoms with Gasteiger partial charge >= 0.3 is 0 Å². The van der Waals surface area contributed by atoms with Crippen molar-refractivity contribution in [3.8, 4) is 5.88 Å². The van der Waals surface area contributed by atoms with E-state index in [9.17, 15) is 9.90 Å². The molecular weight excluding hydrogens is 276 g/mol. The minimum absolute atomic E-state index is 0.0441. The van der Waals surface area contributed by atoms with Gasteiger partial charge in [0.15, 0.2) is 5.69 Å². The maximum atomic E-state index is 11.3. The van der Waals surface area contributed by atoms with Gasteiger partial charge in [0.25, 0.3) is 5.91 Å². The van der Waals surface area contributed by atoms with Crippen LogP contribution in [0.25, 0.3) is 10.9 Å². The van der Waals surface area contributed by atoms with Gasteiger partial charge < -0.3 is 10.1 Å². The number of fused-ring (bicyclic) bond motifs is 1. The van der Waals surface area contributed by atoms with Crippen molar-refractivity contribution < 1.29 is 9.90 Å². The molecule has 102 valence electrons. The Bertz CT molecular complexity index is 763. The summed E-state index contributed by atoms with van der Waals surface area (Å²) in [5.74, 6) is -0.250. The Morgan fingerprint density at radius 1 is 1.40 bits per heavy atom. The van der Waals surface area contributed by atoms with Gasteiger partial charge in [0.2, 0.25) is 11.0 Å². The van der Waals surface area contributed by atoms with E-state index < -0.39 is 0 Å². The number of aromatic nitrogens is 1. The Morgan fingerprint density at radius 2 is 2.20 bits per heavy atom. The average molecular weight is 288 g/mol. The number of nitrogens with zero attached hydrogens (tertiary/aromatic N) is 3. The third-order valence-electron chi connectivity index (χ3n) is 2.98. The Morgan fingerprint density at radius 3 is 2.90 bits per heavy atom. The van der Waals surface area contributed by atoms with E-state index in [4.69, 9.17) is 0 Å². The van der Waals surface area contributed by atoms with Crippen molar-refractivity contribution in [2.45, 2.75) is 19.1 Å². The molecule has 20 heavy (non-hydrogen) atoms. The zero-order chi connectivity index (χ0) is 14.3. The van der Waals surface area contributed by atoms with Crippen LogP contribution in [0.3, 0.4) is 0 Å². The third kappa shape index (κ3) is 2.20. The molecule has 1 aliphatic rings. The highest BCUT2D eigenvalue weighted by atomic mass is 32.2. The molecule has 1 aliphatic heterocycles. The highest BCUT2D eigenvalue weighted by molar-refractivity contribution is 8.15. The maximum absolute atomic E-state index is 11.3. The number of aliphatic imine (C=N–C) groups is 1. The molecule has 2 N–H and O–H groups in total. The fourth-order valence-electron chi connectivity index (χ4n) is 1.94. The van der Waals surface area contributed by atoms with Crippen LogP contribution in [0.4, 0.5) is 5.69 Å². The van der Waals surface area contributed by atoms with Crippen LogP contribution in [0.5, 0.6) is 5.88 Å². The number of hydrogen-bond acceptors (Lipinski definition) is 5. The van der Waals surface area contributed by atoms with Crippen molar-refractivity contribution in [1.29, 1.82) is 0 Å². The normalized spacial score (nSPS) is 19.2. The van der Waals surface area contributed by atoms with Gasteiger partial charge in [0, 0.05) is 5.39 Å². The minimum atomic E-state index is -0.220. The van der Waals surface area contributed by atoms with Crippen molar-refractivity contribution >= 4 is 39.4 Å². The first-order valence-corrected chi connectivity index (χ1v) is 6.95. The molecule has 0 saturated heterocycles. The molecule has 2 aromatic rings. The topological polar surface area (TPSA) is 90.2 Å². The zero-order valence-electron chi connectivity index (χ0n) is 10.9. The van der Waals surface area contributed by atoms with E-state index in [1.165, 1.54) is 11.8 Å². The summed E-state index contributed by atoms with van der Waals surface area (Å²) in [4.78, 5) is 17.9. The van der Waals surface area contributed by atoms with Crippen molar-refractivity contribution in [2.24, 2.45) is 15.2 Å². The van der Waals surface area contributed by atoms with Crippen molar-refractivity contribution in [1.82, 2.24) is 4.98 Å². The van der Waals surface area contributed by atoms with E-state index in [-0.39, 0.29) is 17.0 Å². The molecule has 0 bridgehead atoms. The Hall–Kier alpha value is -2.15. The summed E-state index contributed by atoms with van der Waals surface area (Å²) in [5.41, 5.74) is 2.20. The highest BCUT2D eigenvalue weighted by Gasteiger charge is 2.24. The van der Waals surface area contributed by atoms with Crippen molar-refractivity contribution in [3.05, 3.63) is 23.8 Å². The van der Waals surface area contributed by atoms with Crippen LogP contribution in [-0.2, 0) is 4.79 Å². The quantitative estimate of drug-likeness (QED) is 0.789. The number of carbonyl (C=O) groups is 1. The largest absolute Gasteiger partial charge is 0.493 e. The lowest BCUT2D eigenvalue weighted by Gasteiger charge is -1.94. The number of thioether (sulfide) groups is 1. The first kappa shape index (κ1) is 12.9. The minimum Gasteiger partial charge on any atom is -0.493 e. The smallest absolute Gasteiger partial charge is 0.261 e. The summed E-state index contributed by atoms with van der Waals surface area (Å²) in [6, 6.07) is 5.73. The van der Waals surface area contributed by atoms with Gasteiger partial charge in [0.05, 0.1) is 10.8 Å².